The van der Waals surface area contributed by atoms with Gasteiger partial charge in [-0.1, -0.05) is 35.9 Å². The van der Waals surface area contributed by atoms with Crippen molar-refractivity contribution in [1.82, 2.24) is 15.2 Å². The van der Waals surface area contributed by atoms with Gasteiger partial charge in [0.05, 0.1) is 6.20 Å². The molecule has 6 nitrogen and oxygen atoms in total. The second-order valence-electron chi connectivity index (χ2n) is 6.98. The summed E-state index contributed by atoms with van der Waals surface area (Å²) in [6, 6.07) is 14.2. The van der Waals surface area contributed by atoms with Gasteiger partial charge in [-0.25, -0.2) is 0 Å². The number of benzene rings is 2. The highest BCUT2D eigenvalue weighted by molar-refractivity contribution is 6.30. The van der Waals surface area contributed by atoms with E-state index in [1.54, 1.807) is 6.20 Å². The quantitative estimate of drug-likeness (QED) is 0.715. The number of nitrogens with zero attached hydrogens (tertiary/aromatic N) is 5. The summed E-state index contributed by atoms with van der Waals surface area (Å²) >= 11 is 6.13. The van der Waals surface area contributed by atoms with Crippen molar-refractivity contribution in [3.63, 3.8) is 0 Å². The average molecular weight is 395 g/mol. The molecule has 0 aliphatic carbocycles. The van der Waals surface area contributed by atoms with Gasteiger partial charge in [0.15, 0.2) is 5.82 Å². The lowest BCUT2D eigenvalue weighted by Crippen LogP contribution is -2.46. The fourth-order valence-electron chi connectivity index (χ4n) is 3.49. The van der Waals surface area contributed by atoms with Crippen LogP contribution in [0, 0.1) is 13.8 Å². The van der Waals surface area contributed by atoms with Crippen molar-refractivity contribution in [3.05, 3.63) is 64.8 Å². The second-order valence-corrected chi connectivity index (χ2v) is 7.42. The summed E-state index contributed by atoms with van der Waals surface area (Å²) in [5, 5.41) is 12.4. The molecule has 1 aromatic heterocycles. The summed E-state index contributed by atoms with van der Waals surface area (Å²) in [6.07, 6.45) is 1.73. The van der Waals surface area contributed by atoms with E-state index >= 15 is 0 Å². The van der Waals surface area contributed by atoms with Crippen molar-refractivity contribution in [2.24, 2.45) is 0 Å². The smallest absolute Gasteiger partial charge is 0.249 e. The molecule has 1 saturated heterocycles. The lowest BCUT2D eigenvalue weighted by molar-refractivity contribution is 0.645. The topological polar surface area (TPSA) is 57.2 Å². The molecule has 2 aromatic carbocycles. The number of nitrogens with one attached hydrogen (secondary N) is 1. The number of rotatable bonds is 4. The highest BCUT2D eigenvalue weighted by Crippen LogP contribution is 2.24. The molecule has 1 N–H and O–H groups in total. The third-order valence-corrected chi connectivity index (χ3v) is 5.28. The summed E-state index contributed by atoms with van der Waals surface area (Å²) in [7, 11) is 0. The summed E-state index contributed by atoms with van der Waals surface area (Å²) in [6.45, 7) is 7.69. The first-order valence-electron chi connectivity index (χ1n) is 9.38. The van der Waals surface area contributed by atoms with E-state index in [1.807, 2.05) is 24.3 Å². The molecule has 0 unspecified atom stereocenters. The van der Waals surface area contributed by atoms with Crippen molar-refractivity contribution in [3.8, 4) is 0 Å². The van der Waals surface area contributed by atoms with Gasteiger partial charge >= 0.3 is 0 Å². The normalized spacial score (nSPS) is 14.2. The molecule has 1 fully saturated rings. The van der Waals surface area contributed by atoms with Gasteiger partial charge in [-0.3, -0.25) is 0 Å². The fraction of sp³-hybridized carbons (Fsp3) is 0.286. The van der Waals surface area contributed by atoms with Gasteiger partial charge in [0.25, 0.3) is 0 Å². The Morgan fingerprint density at radius 3 is 2.32 bits per heavy atom. The van der Waals surface area contributed by atoms with Gasteiger partial charge in [0, 0.05) is 42.6 Å². The molecule has 3 aromatic rings. The van der Waals surface area contributed by atoms with Crippen LogP contribution in [0.2, 0.25) is 5.02 Å². The largest absolute Gasteiger partial charge is 0.368 e. The first-order chi connectivity index (χ1) is 13.6. The molecule has 7 heteroatoms. The Labute approximate surface area is 170 Å². The molecule has 2 heterocycles. The minimum absolute atomic E-state index is 0.521. The highest BCUT2D eigenvalue weighted by Gasteiger charge is 2.19. The Bertz CT molecular complexity index is 948. The molecule has 0 spiro atoms. The molecule has 28 heavy (non-hydrogen) atoms. The summed E-state index contributed by atoms with van der Waals surface area (Å²) in [5.41, 5.74) is 4.51. The van der Waals surface area contributed by atoms with Crippen LogP contribution in [0.25, 0.3) is 0 Å². The predicted octanol–water partition coefficient (Wildman–Crippen LogP) is 4.21. The van der Waals surface area contributed by atoms with Crippen LogP contribution in [0.1, 0.15) is 11.1 Å². The average Bonchev–Trinajstić information content (AvgIpc) is 2.71. The maximum Gasteiger partial charge on any atom is 0.249 e. The standard InChI is InChI=1S/C21H23ClN6/c1-15-5-3-6-16(2)20(15)25-21-24-19(14-23-26-21)28-11-9-27(10-12-28)18-8-4-7-17(22)13-18/h3-8,13-14H,9-12H2,1-2H3,(H,24,25,26). The van der Waals surface area contributed by atoms with Crippen LogP contribution < -0.4 is 15.1 Å². The maximum absolute atomic E-state index is 6.13. The third-order valence-electron chi connectivity index (χ3n) is 5.04. The first kappa shape index (κ1) is 18.5. The van der Waals surface area contributed by atoms with Gasteiger partial charge < -0.3 is 15.1 Å². The van der Waals surface area contributed by atoms with Crippen LogP contribution in [-0.2, 0) is 0 Å². The molecule has 0 atom stereocenters. The van der Waals surface area contributed by atoms with E-state index in [0.29, 0.717) is 5.95 Å². The number of anilines is 4. The second kappa shape index (κ2) is 8.02. The number of para-hydroxylation sites is 1. The molecule has 1 aliphatic rings. The van der Waals surface area contributed by atoms with Crippen LogP contribution in [0.4, 0.5) is 23.1 Å². The number of aryl methyl sites for hydroxylation is 2. The van der Waals surface area contributed by atoms with E-state index in [2.05, 4.69) is 62.3 Å². The van der Waals surface area contributed by atoms with Crippen LogP contribution in [0.15, 0.2) is 48.7 Å². The lowest BCUT2D eigenvalue weighted by Gasteiger charge is -2.36. The molecule has 0 radical (unpaired) electrons. The van der Waals surface area contributed by atoms with Crippen molar-refractivity contribution >= 4 is 34.7 Å². The van der Waals surface area contributed by atoms with Gasteiger partial charge in [0.1, 0.15) is 0 Å². The molecule has 1 aliphatic heterocycles. The van der Waals surface area contributed by atoms with Gasteiger partial charge in [-0.05, 0) is 43.2 Å². The predicted molar refractivity (Wildman–Crippen MR) is 115 cm³/mol. The van der Waals surface area contributed by atoms with E-state index in [1.165, 1.54) is 0 Å². The van der Waals surface area contributed by atoms with Gasteiger partial charge in [-0.15, -0.1) is 5.10 Å². The Hall–Kier alpha value is -2.86. The summed E-state index contributed by atoms with van der Waals surface area (Å²) in [5.74, 6) is 1.36. The maximum atomic E-state index is 6.13. The number of hydrogen-bond donors (Lipinski definition) is 1. The van der Waals surface area contributed by atoms with Crippen LogP contribution >= 0.6 is 11.6 Å². The fourth-order valence-corrected chi connectivity index (χ4v) is 3.67. The summed E-state index contributed by atoms with van der Waals surface area (Å²) < 4.78 is 0. The van der Waals surface area contributed by atoms with Crippen molar-refractivity contribution in [1.29, 1.82) is 0 Å². The van der Waals surface area contributed by atoms with E-state index < -0.39 is 0 Å². The Balaban J connectivity index is 1.45. The van der Waals surface area contributed by atoms with Crippen LogP contribution in [0.3, 0.4) is 0 Å². The van der Waals surface area contributed by atoms with Crippen molar-refractivity contribution < 1.29 is 0 Å². The molecule has 0 amide bonds. The van der Waals surface area contributed by atoms with E-state index in [0.717, 1.165) is 59.5 Å². The van der Waals surface area contributed by atoms with E-state index in [-0.39, 0.29) is 0 Å². The van der Waals surface area contributed by atoms with Crippen molar-refractivity contribution in [2.75, 3.05) is 41.3 Å². The Morgan fingerprint density at radius 2 is 1.61 bits per heavy atom. The Kier molecular flexibility index (Phi) is 5.30. The molecular weight excluding hydrogens is 372 g/mol. The number of halogens is 1. The van der Waals surface area contributed by atoms with Crippen molar-refractivity contribution in [2.45, 2.75) is 13.8 Å². The number of hydrogen-bond acceptors (Lipinski definition) is 6. The first-order valence-corrected chi connectivity index (χ1v) is 9.76. The zero-order valence-electron chi connectivity index (χ0n) is 16.1. The monoisotopic (exact) mass is 394 g/mol. The zero-order chi connectivity index (χ0) is 19.5. The number of piperazine rings is 1. The lowest BCUT2D eigenvalue weighted by atomic mass is 10.1. The molecule has 0 bridgehead atoms. The zero-order valence-corrected chi connectivity index (χ0v) is 16.8. The van der Waals surface area contributed by atoms with E-state index in [9.17, 15) is 0 Å². The minimum Gasteiger partial charge on any atom is -0.368 e. The molecular formula is C21H23ClN6. The summed E-state index contributed by atoms with van der Waals surface area (Å²) in [4.78, 5) is 9.27. The van der Waals surface area contributed by atoms with Gasteiger partial charge in [-0.2, -0.15) is 10.1 Å². The SMILES string of the molecule is Cc1cccc(C)c1Nc1nncc(N2CCN(c3cccc(Cl)c3)CC2)n1. The molecule has 4 rings (SSSR count). The number of aromatic nitrogens is 3. The minimum atomic E-state index is 0.521. The third kappa shape index (κ3) is 4.02. The van der Waals surface area contributed by atoms with E-state index in [4.69, 9.17) is 11.6 Å². The van der Waals surface area contributed by atoms with Gasteiger partial charge in [0.2, 0.25) is 5.95 Å². The Morgan fingerprint density at radius 1 is 0.929 bits per heavy atom. The van der Waals surface area contributed by atoms with Crippen LogP contribution in [0.5, 0.6) is 0 Å². The molecule has 0 saturated carbocycles. The van der Waals surface area contributed by atoms with Crippen LogP contribution in [-0.4, -0.2) is 41.4 Å². The molecule has 144 valence electrons. The highest BCUT2D eigenvalue weighted by atomic mass is 35.5.